The highest BCUT2D eigenvalue weighted by Gasteiger charge is 2.11. The number of hydrogen-bond donors (Lipinski definition) is 2. The maximum Gasteiger partial charge on any atom is 0.257 e. The molecule has 1 aromatic carbocycles. The van der Waals surface area contributed by atoms with Gasteiger partial charge in [0.2, 0.25) is 0 Å². The molecule has 0 aliphatic rings. The molecule has 6 nitrogen and oxygen atoms in total. The minimum atomic E-state index is -0.313. The maximum atomic E-state index is 12.4. The van der Waals surface area contributed by atoms with Gasteiger partial charge >= 0.3 is 0 Å². The zero-order chi connectivity index (χ0) is 18.9. The Morgan fingerprint density at radius 1 is 1.08 bits per heavy atom. The van der Waals surface area contributed by atoms with Crippen molar-refractivity contribution in [2.24, 2.45) is 0 Å². The molecule has 2 N–H and O–H groups in total. The molecule has 0 aliphatic carbocycles. The highest BCUT2D eigenvalue weighted by Crippen LogP contribution is 2.18. The van der Waals surface area contributed by atoms with Gasteiger partial charge in [0.25, 0.3) is 11.8 Å². The highest BCUT2D eigenvalue weighted by atomic mass is 16.2. The average molecular weight is 352 g/mol. The first kappa shape index (κ1) is 19.2. The van der Waals surface area contributed by atoms with Crippen molar-refractivity contribution < 1.29 is 9.59 Å². The third-order valence-electron chi connectivity index (χ3n) is 3.92. The minimum Gasteiger partial charge on any atom is -0.372 e. The zero-order valence-electron chi connectivity index (χ0n) is 15.2. The van der Waals surface area contributed by atoms with E-state index in [0.29, 0.717) is 23.4 Å². The molecule has 0 unspecified atom stereocenters. The van der Waals surface area contributed by atoms with Crippen LogP contribution in [0.3, 0.4) is 0 Å². The molecule has 0 bridgehead atoms. The second-order valence-electron chi connectivity index (χ2n) is 5.63. The Hall–Kier alpha value is -3.15. The first-order valence-electron chi connectivity index (χ1n) is 8.59. The van der Waals surface area contributed by atoms with E-state index < -0.39 is 0 Å². The first-order chi connectivity index (χ1) is 12.6. The van der Waals surface area contributed by atoms with Gasteiger partial charge in [0, 0.05) is 43.4 Å². The van der Waals surface area contributed by atoms with Crippen molar-refractivity contribution in [2.45, 2.75) is 13.8 Å². The maximum absolute atomic E-state index is 12.4. The molecular weight excluding hydrogens is 328 g/mol. The molecule has 0 aliphatic heterocycles. The molecule has 136 valence electrons. The SMILES string of the molecule is C=CCNC(=O)c1cncc(C(=O)Nc2ccc(N(CC)CC)cc2)c1. The summed E-state index contributed by atoms with van der Waals surface area (Å²) >= 11 is 0. The molecule has 2 amide bonds. The van der Waals surface area contributed by atoms with Crippen LogP contribution in [0.2, 0.25) is 0 Å². The average Bonchev–Trinajstić information content (AvgIpc) is 2.68. The van der Waals surface area contributed by atoms with Crippen LogP contribution in [0.4, 0.5) is 11.4 Å². The standard InChI is InChI=1S/C20H24N4O2/c1-4-11-22-19(25)15-12-16(14-21-13-15)20(26)23-17-7-9-18(10-8-17)24(5-2)6-3/h4,7-10,12-14H,1,5-6,11H2,2-3H3,(H,22,25)(H,23,26). The number of rotatable bonds is 8. The summed E-state index contributed by atoms with van der Waals surface area (Å²) in [6.07, 6.45) is 4.45. The number of nitrogens with zero attached hydrogens (tertiary/aromatic N) is 2. The van der Waals surface area contributed by atoms with E-state index in [0.717, 1.165) is 18.8 Å². The minimum absolute atomic E-state index is 0.296. The van der Waals surface area contributed by atoms with Gasteiger partial charge in [0.05, 0.1) is 11.1 Å². The van der Waals surface area contributed by atoms with Crippen molar-refractivity contribution in [1.82, 2.24) is 10.3 Å². The molecule has 0 saturated carbocycles. The Balaban J connectivity index is 2.07. The second kappa shape index (κ2) is 9.36. The van der Waals surface area contributed by atoms with E-state index in [4.69, 9.17) is 0 Å². The van der Waals surface area contributed by atoms with Crippen LogP contribution in [-0.2, 0) is 0 Å². The van der Waals surface area contributed by atoms with Crippen LogP contribution >= 0.6 is 0 Å². The van der Waals surface area contributed by atoms with Gasteiger partial charge in [-0.2, -0.15) is 0 Å². The van der Waals surface area contributed by atoms with Crippen LogP contribution in [0.1, 0.15) is 34.6 Å². The lowest BCUT2D eigenvalue weighted by atomic mass is 10.1. The van der Waals surface area contributed by atoms with Crippen LogP contribution in [0.5, 0.6) is 0 Å². The summed E-state index contributed by atoms with van der Waals surface area (Å²) in [5, 5.41) is 5.48. The molecule has 0 saturated heterocycles. The van der Waals surface area contributed by atoms with E-state index in [9.17, 15) is 9.59 Å². The number of carbonyl (C=O) groups excluding carboxylic acids is 2. The Labute approximate surface area is 153 Å². The van der Waals surface area contributed by atoms with Gasteiger partial charge in [0.15, 0.2) is 0 Å². The number of aromatic nitrogens is 1. The topological polar surface area (TPSA) is 74.3 Å². The Morgan fingerprint density at radius 3 is 2.27 bits per heavy atom. The number of pyridine rings is 1. The predicted molar refractivity (Wildman–Crippen MR) is 105 cm³/mol. The van der Waals surface area contributed by atoms with Crippen LogP contribution in [0.25, 0.3) is 0 Å². The fraction of sp³-hybridized carbons (Fsp3) is 0.250. The smallest absolute Gasteiger partial charge is 0.257 e. The monoisotopic (exact) mass is 352 g/mol. The summed E-state index contributed by atoms with van der Waals surface area (Å²) in [5.74, 6) is -0.609. The van der Waals surface area contributed by atoms with Gasteiger partial charge in [-0.1, -0.05) is 6.08 Å². The van der Waals surface area contributed by atoms with Crippen molar-refractivity contribution in [1.29, 1.82) is 0 Å². The summed E-state index contributed by atoms with van der Waals surface area (Å²) < 4.78 is 0. The predicted octanol–water partition coefficient (Wildman–Crippen LogP) is 3.10. The second-order valence-corrected chi connectivity index (χ2v) is 5.63. The van der Waals surface area contributed by atoms with Crippen molar-refractivity contribution in [3.8, 4) is 0 Å². The number of carbonyl (C=O) groups is 2. The molecular formula is C20H24N4O2. The van der Waals surface area contributed by atoms with E-state index >= 15 is 0 Å². The normalized spacial score (nSPS) is 10.1. The Morgan fingerprint density at radius 2 is 1.69 bits per heavy atom. The fourth-order valence-electron chi connectivity index (χ4n) is 2.50. The number of nitrogens with one attached hydrogen (secondary N) is 2. The van der Waals surface area contributed by atoms with Crippen molar-refractivity contribution in [2.75, 3.05) is 29.9 Å². The third-order valence-corrected chi connectivity index (χ3v) is 3.92. The van der Waals surface area contributed by atoms with Gasteiger partial charge < -0.3 is 15.5 Å². The van der Waals surface area contributed by atoms with Crippen LogP contribution in [0.15, 0.2) is 55.4 Å². The summed E-state index contributed by atoms with van der Waals surface area (Å²) in [7, 11) is 0. The van der Waals surface area contributed by atoms with Crippen LogP contribution in [0, 0.1) is 0 Å². The number of benzene rings is 1. The fourth-order valence-corrected chi connectivity index (χ4v) is 2.50. The summed E-state index contributed by atoms with van der Waals surface area (Å²) in [5.41, 5.74) is 2.45. The lowest BCUT2D eigenvalue weighted by Gasteiger charge is -2.21. The van der Waals surface area contributed by atoms with E-state index in [-0.39, 0.29) is 11.8 Å². The van der Waals surface area contributed by atoms with Gasteiger partial charge in [-0.3, -0.25) is 14.6 Å². The quantitative estimate of drug-likeness (QED) is 0.716. The van der Waals surface area contributed by atoms with E-state index in [1.807, 2.05) is 24.3 Å². The Bertz CT molecular complexity index is 768. The molecule has 1 aromatic heterocycles. The van der Waals surface area contributed by atoms with Crippen molar-refractivity contribution >= 4 is 23.2 Å². The summed E-state index contributed by atoms with van der Waals surface area (Å²) in [6.45, 7) is 9.96. The molecule has 0 atom stereocenters. The Kier molecular flexibility index (Phi) is 6.91. The largest absolute Gasteiger partial charge is 0.372 e. The van der Waals surface area contributed by atoms with Gasteiger partial charge in [-0.05, 0) is 44.2 Å². The molecule has 0 spiro atoms. The van der Waals surface area contributed by atoms with Gasteiger partial charge in [-0.25, -0.2) is 0 Å². The third kappa shape index (κ3) is 4.92. The molecule has 0 radical (unpaired) electrons. The highest BCUT2D eigenvalue weighted by molar-refractivity contribution is 6.05. The molecule has 26 heavy (non-hydrogen) atoms. The lowest BCUT2D eigenvalue weighted by molar-refractivity contribution is 0.0957. The summed E-state index contributed by atoms with van der Waals surface area (Å²) in [6, 6.07) is 9.18. The molecule has 0 fully saturated rings. The summed E-state index contributed by atoms with van der Waals surface area (Å²) in [4.78, 5) is 30.6. The van der Waals surface area contributed by atoms with Gasteiger partial charge in [0.1, 0.15) is 0 Å². The number of hydrogen-bond acceptors (Lipinski definition) is 4. The lowest BCUT2D eigenvalue weighted by Crippen LogP contribution is -2.24. The van der Waals surface area contributed by atoms with Crippen LogP contribution < -0.4 is 15.5 Å². The van der Waals surface area contributed by atoms with Crippen molar-refractivity contribution in [3.63, 3.8) is 0 Å². The molecule has 1 heterocycles. The van der Waals surface area contributed by atoms with E-state index in [1.165, 1.54) is 18.5 Å². The van der Waals surface area contributed by atoms with Gasteiger partial charge in [-0.15, -0.1) is 6.58 Å². The molecule has 2 rings (SSSR count). The number of anilines is 2. The van der Waals surface area contributed by atoms with E-state index in [1.54, 1.807) is 6.08 Å². The van der Waals surface area contributed by atoms with Crippen molar-refractivity contribution in [3.05, 3.63) is 66.5 Å². The van der Waals surface area contributed by atoms with Crippen LogP contribution in [-0.4, -0.2) is 36.4 Å². The molecule has 2 aromatic rings. The van der Waals surface area contributed by atoms with E-state index in [2.05, 4.69) is 40.9 Å². The number of amides is 2. The first-order valence-corrected chi connectivity index (χ1v) is 8.59. The zero-order valence-corrected chi connectivity index (χ0v) is 15.2. The molecule has 6 heteroatoms.